The van der Waals surface area contributed by atoms with Gasteiger partial charge in [-0.25, -0.2) is 8.78 Å². The molecule has 0 bridgehead atoms. The maximum Gasteiger partial charge on any atom is 0.255 e. The molecule has 0 aromatic heterocycles. The zero-order chi connectivity index (χ0) is 12.8. The lowest BCUT2D eigenvalue weighted by Crippen LogP contribution is -2.35. The summed E-state index contributed by atoms with van der Waals surface area (Å²) in [4.78, 5) is 13.4. The van der Waals surface area contributed by atoms with Gasteiger partial charge in [-0.3, -0.25) is 10.1 Å². The molecular weight excluding hydrogens is 238 g/mol. The van der Waals surface area contributed by atoms with Gasteiger partial charge >= 0.3 is 0 Å². The summed E-state index contributed by atoms with van der Waals surface area (Å²) in [5.41, 5.74) is 0.297. The lowest BCUT2D eigenvalue weighted by atomic mass is 10.1. The Morgan fingerprint density at radius 2 is 2.00 bits per heavy atom. The van der Waals surface area contributed by atoms with Crippen LogP contribution in [0.3, 0.4) is 0 Å². The minimum absolute atomic E-state index is 0.184. The van der Waals surface area contributed by atoms with Crippen molar-refractivity contribution < 1.29 is 13.6 Å². The van der Waals surface area contributed by atoms with Crippen molar-refractivity contribution >= 4 is 5.91 Å². The Balaban J connectivity index is 1.90. The SMILES string of the molecule is O=C1N(CC(F)F)C(c2ccccc2)NC12CC2. The molecule has 1 atom stereocenters. The van der Waals surface area contributed by atoms with Crippen molar-refractivity contribution in [3.63, 3.8) is 0 Å². The first-order valence-electron chi connectivity index (χ1n) is 6.04. The molecule has 1 saturated heterocycles. The standard InChI is InChI=1S/C13H14F2N2O/c14-10(15)8-17-11(9-4-2-1-3-5-9)16-13(6-7-13)12(17)18/h1-5,10-11,16H,6-8H2. The summed E-state index contributed by atoms with van der Waals surface area (Å²) in [5.74, 6) is -0.184. The zero-order valence-corrected chi connectivity index (χ0v) is 9.77. The van der Waals surface area contributed by atoms with Crippen LogP contribution in [0.2, 0.25) is 0 Å². The van der Waals surface area contributed by atoms with Gasteiger partial charge in [-0.1, -0.05) is 30.3 Å². The fraction of sp³-hybridized carbons (Fsp3) is 0.462. The molecule has 2 aliphatic rings. The molecule has 1 aliphatic carbocycles. The van der Waals surface area contributed by atoms with Crippen LogP contribution in [0.5, 0.6) is 0 Å². The molecule has 1 heterocycles. The second kappa shape index (κ2) is 4.02. The van der Waals surface area contributed by atoms with Crippen LogP contribution >= 0.6 is 0 Å². The van der Waals surface area contributed by atoms with Gasteiger partial charge in [-0.15, -0.1) is 0 Å². The number of carbonyl (C=O) groups is 1. The normalized spacial score (nSPS) is 25.2. The number of hydrogen-bond donors (Lipinski definition) is 1. The van der Waals surface area contributed by atoms with Crippen molar-refractivity contribution in [3.8, 4) is 0 Å². The van der Waals surface area contributed by atoms with E-state index in [0.717, 1.165) is 18.4 Å². The summed E-state index contributed by atoms with van der Waals surface area (Å²) in [5, 5.41) is 3.21. The highest BCUT2D eigenvalue weighted by atomic mass is 19.3. The lowest BCUT2D eigenvalue weighted by Gasteiger charge is -2.24. The van der Waals surface area contributed by atoms with Crippen molar-refractivity contribution in [1.29, 1.82) is 0 Å². The topological polar surface area (TPSA) is 32.3 Å². The molecular formula is C13H14F2N2O. The van der Waals surface area contributed by atoms with Gasteiger partial charge in [0.05, 0.1) is 6.54 Å². The van der Waals surface area contributed by atoms with Gasteiger partial charge < -0.3 is 4.90 Å². The second-order valence-electron chi connectivity index (χ2n) is 4.89. The van der Waals surface area contributed by atoms with Gasteiger partial charge in [0.1, 0.15) is 11.7 Å². The number of benzene rings is 1. The summed E-state index contributed by atoms with van der Waals surface area (Å²) in [6, 6.07) is 9.26. The molecule has 18 heavy (non-hydrogen) atoms. The number of nitrogens with one attached hydrogen (secondary N) is 1. The lowest BCUT2D eigenvalue weighted by molar-refractivity contribution is -0.132. The molecule has 1 saturated carbocycles. The van der Waals surface area contributed by atoms with Gasteiger partial charge in [0.15, 0.2) is 0 Å². The van der Waals surface area contributed by atoms with E-state index in [1.54, 1.807) is 0 Å². The third-order valence-electron chi connectivity index (χ3n) is 3.59. The van der Waals surface area contributed by atoms with E-state index in [1.165, 1.54) is 4.90 Å². The molecule has 1 amide bonds. The Hall–Kier alpha value is -1.49. The smallest absolute Gasteiger partial charge is 0.255 e. The van der Waals surface area contributed by atoms with Gasteiger partial charge in [-0.2, -0.15) is 0 Å². The molecule has 1 N–H and O–H groups in total. The first-order valence-corrected chi connectivity index (χ1v) is 6.04. The summed E-state index contributed by atoms with van der Waals surface area (Å²) < 4.78 is 25.2. The van der Waals surface area contributed by atoms with Crippen LogP contribution in [-0.4, -0.2) is 29.3 Å². The number of amides is 1. The van der Waals surface area contributed by atoms with Crippen molar-refractivity contribution in [2.75, 3.05) is 6.54 Å². The van der Waals surface area contributed by atoms with Crippen LogP contribution < -0.4 is 5.32 Å². The number of rotatable bonds is 3. The predicted octanol–water partition coefficient (Wildman–Crippen LogP) is 1.91. The number of hydrogen-bond acceptors (Lipinski definition) is 2. The number of nitrogens with zero attached hydrogens (tertiary/aromatic N) is 1. The van der Waals surface area contributed by atoms with E-state index in [2.05, 4.69) is 5.32 Å². The molecule has 0 radical (unpaired) electrons. The predicted molar refractivity (Wildman–Crippen MR) is 62.0 cm³/mol. The van der Waals surface area contributed by atoms with Gasteiger partial charge in [-0.05, 0) is 18.4 Å². The molecule has 1 aromatic rings. The molecule has 1 aliphatic heterocycles. The zero-order valence-electron chi connectivity index (χ0n) is 9.77. The van der Waals surface area contributed by atoms with E-state index >= 15 is 0 Å². The molecule has 5 heteroatoms. The first kappa shape index (κ1) is 11.6. The van der Waals surface area contributed by atoms with E-state index < -0.39 is 24.7 Å². The summed E-state index contributed by atoms with van der Waals surface area (Å²) >= 11 is 0. The van der Waals surface area contributed by atoms with Gasteiger partial charge in [0, 0.05) is 0 Å². The average Bonchev–Trinajstić information content (AvgIpc) is 3.09. The molecule has 1 aromatic carbocycles. The van der Waals surface area contributed by atoms with E-state index in [9.17, 15) is 13.6 Å². The third-order valence-corrected chi connectivity index (χ3v) is 3.59. The van der Waals surface area contributed by atoms with Crippen molar-refractivity contribution in [3.05, 3.63) is 35.9 Å². The first-order chi connectivity index (χ1) is 8.62. The van der Waals surface area contributed by atoms with E-state index in [0.29, 0.717) is 0 Å². The molecule has 3 rings (SSSR count). The minimum atomic E-state index is -2.50. The third kappa shape index (κ3) is 1.79. The Morgan fingerprint density at radius 1 is 1.33 bits per heavy atom. The largest absolute Gasteiger partial charge is 0.316 e. The molecule has 96 valence electrons. The maximum atomic E-state index is 12.6. The van der Waals surface area contributed by atoms with Crippen LogP contribution in [0.15, 0.2) is 30.3 Å². The monoisotopic (exact) mass is 252 g/mol. The summed E-state index contributed by atoms with van der Waals surface area (Å²) in [6.45, 7) is -0.507. The fourth-order valence-electron chi connectivity index (χ4n) is 2.51. The molecule has 2 fully saturated rings. The second-order valence-corrected chi connectivity index (χ2v) is 4.89. The number of carbonyl (C=O) groups excluding carboxylic acids is 1. The Bertz CT molecular complexity index is 459. The Labute approximate surface area is 104 Å². The quantitative estimate of drug-likeness (QED) is 0.891. The molecule has 1 unspecified atom stereocenters. The Morgan fingerprint density at radius 3 is 2.56 bits per heavy atom. The van der Waals surface area contributed by atoms with Gasteiger partial charge in [0.25, 0.3) is 6.43 Å². The van der Waals surface area contributed by atoms with E-state index in [-0.39, 0.29) is 5.91 Å². The van der Waals surface area contributed by atoms with Crippen LogP contribution in [0.4, 0.5) is 8.78 Å². The number of halogens is 2. The van der Waals surface area contributed by atoms with Crippen LogP contribution in [0.1, 0.15) is 24.6 Å². The molecule has 1 spiro atoms. The highest BCUT2D eigenvalue weighted by Gasteiger charge is 2.59. The minimum Gasteiger partial charge on any atom is -0.316 e. The molecule has 3 nitrogen and oxygen atoms in total. The maximum absolute atomic E-state index is 12.6. The van der Waals surface area contributed by atoms with Crippen molar-refractivity contribution in [2.45, 2.75) is 31.0 Å². The number of alkyl halides is 2. The highest BCUT2D eigenvalue weighted by Crippen LogP contribution is 2.45. The van der Waals surface area contributed by atoms with Crippen LogP contribution in [0.25, 0.3) is 0 Å². The van der Waals surface area contributed by atoms with E-state index in [1.807, 2.05) is 30.3 Å². The van der Waals surface area contributed by atoms with E-state index in [4.69, 9.17) is 0 Å². The summed E-state index contributed by atoms with van der Waals surface area (Å²) in [6.07, 6.45) is -1.44. The highest BCUT2D eigenvalue weighted by molar-refractivity contribution is 5.92. The fourth-order valence-corrected chi connectivity index (χ4v) is 2.51. The van der Waals surface area contributed by atoms with Crippen LogP contribution in [-0.2, 0) is 4.79 Å². The average molecular weight is 252 g/mol. The van der Waals surface area contributed by atoms with Crippen molar-refractivity contribution in [2.24, 2.45) is 0 Å². The summed E-state index contributed by atoms with van der Waals surface area (Å²) in [7, 11) is 0. The van der Waals surface area contributed by atoms with Crippen LogP contribution in [0, 0.1) is 0 Å². The Kier molecular flexibility index (Phi) is 2.59. The van der Waals surface area contributed by atoms with Gasteiger partial charge in [0.2, 0.25) is 5.91 Å². The van der Waals surface area contributed by atoms with Crippen molar-refractivity contribution in [1.82, 2.24) is 10.2 Å².